The first kappa shape index (κ1) is 17.7. The average molecular weight is 323 g/mol. The summed E-state index contributed by atoms with van der Waals surface area (Å²) in [5.74, 6) is 0. The molecule has 0 saturated carbocycles. The van der Waals surface area contributed by atoms with Crippen molar-refractivity contribution < 1.29 is 9.90 Å². The standard InChI is InChI=1S/C16H29N5O2/c1-5-21-15-7-9-20(10-13(15)14(11-22)18-21)16(23)17-8-6-12(2)19(3)4/h12,22H,5-11H2,1-4H3,(H,17,23)/t12-/m0/s1. The molecular weight excluding hydrogens is 294 g/mol. The molecule has 1 aliphatic rings. The van der Waals surface area contributed by atoms with Gasteiger partial charge < -0.3 is 20.2 Å². The normalized spacial score (nSPS) is 15.7. The number of hydrogen-bond acceptors (Lipinski definition) is 4. The molecule has 1 aliphatic heterocycles. The molecule has 0 bridgehead atoms. The first-order valence-corrected chi connectivity index (χ1v) is 8.35. The summed E-state index contributed by atoms with van der Waals surface area (Å²) < 4.78 is 1.94. The minimum atomic E-state index is -0.0782. The molecule has 7 heteroatoms. The number of aromatic nitrogens is 2. The third kappa shape index (κ3) is 4.03. The van der Waals surface area contributed by atoms with Gasteiger partial charge in [-0.1, -0.05) is 0 Å². The van der Waals surface area contributed by atoms with Crippen LogP contribution >= 0.6 is 0 Å². The Bertz CT molecular complexity index is 541. The van der Waals surface area contributed by atoms with E-state index in [2.05, 4.69) is 22.2 Å². The Hall–Kier alpha value is -1.60. The van der Waals surface area contributed by atoms with Gasteiger partial charge in [-0.05, 0) is 34.4 Å². The summed E-state index contributed by atoms with van der Waals surface area (Å²) in [6.45, 7) is 6.79. The van der Waals surface area contributed by atoms with Crippen molar-refractivity contribution in [1.82, 2.24) is 24.9 Å². The second kappa shape index (κ2) is 7.79. The average Bonchev–Trinajstić information content (AvgIpc) is 2.91. The molecule has 130 valence electrons. The van der Waals surface area contributed by atoms with Gasteiger partial charge in [0.2, 0.25) is 0 Å². The van der Waals surface area contributed by atoms with Gasteiger partial charge in [0.05, 0.1) is 18.8 Å². The predicted molar refractivity (Wildman–Crippen MR) is 89.1 cm³/mol. The zero-order valence-corrected chi connectivity index (χ0v) is 14.7. The van der Waals surface area contributed by atoms with Crippen LogP contribution in [0.5, 0.6) is 0 Å². The molecule has 2 N–H and O–H groups in total. The molecule has 2 amide bonds. The Morgan fingerprint density at radius 2 is 2.22 bits per heavy atom. The van der Waals surface area contributed by atoms with Gasteiger partial charge in [0.15, 0.2) is 0 Å². The highest BCUT2D eigenvalue weighted by molar-refractivity contribution is 5.74. The van der Waals surface area contributed by atoms with Gasteiger partial charge in [0.25, 0.3) is 0 Å². The fraction of sp³-hybridized carbons (Fsp3) is 0.750. The zero-order valence-electron chi connectivity index (χ0n) is 14.7. The van der Waals surface area contributed by atoms with Crippen molar-refractivity contribution in [2.45, 2.75) is 52.4 Å². The molecule has 0 radical (unpaired) electrons. The van der Waals surface area contributed by atoms with Crippen molar-refractivity contribution in [3.8, 4) is 0 Å². The smallest absolute Gasteiger partial charge is 0.317 e. The zero-order chi connectivity index (χ0) is 17.0. The number of hydrogen-bond donors (Lipinski definition) is 2. The lowest BCUT2D eigenvalue weighted by Crippen LogP contribution is -2.44. The highest BCUT2D eigenvalue weighted by atomic mass is 16.3. The van der Waals surface area contributed by atoms with Gasteiger partial charge in [-0.3, -0.25) is 4.68 Å². The van der Waals surface area contributed by atoms with Crippen LogP contribution in [0.25, 0.3) is 0 Å². The monoisotopic (exact) mass is 323 g/mol. The Morgan fingerprint density at radius 3 is 2.83 bits per heavy atom. The van der Waals surface area contributed by atoms with Crippen molar-refractivity contribution >= 4 is 6.03 Å². The van der Waals surface area contributed by atoms with Crippen molar-refractivity contribution in [2.75, 3.05) is 27.2 Å². The summed E-state index contributed by atoms with van der Waals surface area (Å²) in [4.78, 5) is 16.3. The minimum absolute atomic E-state index is 0.0326. The number of carbonyl (C=O) groups is 1. The van der Waals surface area contributed by atoms with Crippen LogP contribution in [-0.2, 0) is 26.1 Å². The predicted octanol–water partition coefficient (Wildman–Crippen LogP) is 0.803. The van der Waals surface area contributed by atoms with Gasteiger partial charge in [-0.25, -0.2) is 4.79 Å². The molecule has 23 heavy (non-hydrogen) atoms. The number of aliphatic hydroxyl groups is 1. The number of rotatable bonds is 6. The first-order valence-electron chi connectivity index (χ1n) is 8.35. The van der Waals surface area contributed by atoms with Crippen LogP contribution in [0, 0.1) is 0 Å². The van der Waals surface area contributed by atoms with E-state index in [0.717, 1.165) is 30.6 Å². The number of urea groups is 1. The molecular formula is C16H29N5O2. The SMILES string of the molecule is CCn1nc(CO)c2c1CCN(C(=O)NCC[C@H](C)N(C)C)C2. The number of amides is 2. The Labute approximate surface area is 138 Å². The maximum Gasteiger partial charge on any atom is 0.317 e. The van der Waals surface area contributed by atoms with Crippen molar-refractivity contribution in [3.05, 3.63) is 17.0 Å². The van der Waals surface area contributed by atoms with Gasteiger partial charge in [0.1, 0.15) is 0 Å². The van der Waals surface area contributed by atoms with Crippen LogP contribution in [0.3, 0.4) is 0 Å². The second-order valence-electron chi connectivity index (χ2n) is 6.35. The molecule has 1 aromatic rings. The molecule has 0 fully saturated rings. The van der Waals surface area contributed by atoms with Crippen LogP contribution in [-0.4, -0.2) is 63.9 Å². The third-order valence-electron chi connectivity index (χ3n) is 4.67. The molecule has 0 saturated heterocycles. The summed E-state index contributed by atoms with van der Waals surface area (Å²) in [7, 11) is 4.08. The lowest BCUT2D eigenvalue weighted by molar-refractivity contribution is 0.189. The van der Waals surface area contributed by atoms with E-state index in [1.165, 1.54) is 0 Å². The number of fused-ring (bicyclic) bond motifs is 1. The largest absolute Gasteiger partial charge is 0.390 e. The molecule has 2 heterocycles. The van der Waals surface area contributed by atoms with Crippen LogP contribution in [0.2, 0.25) is 0 Å². The van der Waals surface area contributed by atoms with E-state index < -0.39 is 0 Å². The molecule has 0 aromatic carbocycles. The Kier molecular flexibility index (Phi) is 6.01. The number of nitrogens with zero attached hydrogens (tertiary/aromatic N) is 4. The van der Waals surface area contributed by atoms with Gasteiger partial charge in [-0.15, -0.1) is 0 Å². The van der Waals surface area contributed by atoms with Crippen molar-refractivity contribution in [3.63, 3.8) is 0 Å². The van der Waals surface area contributed by atoms with E-state index in [1.807, 2.05) is 30.6 Å². The minimum Gasteiger partial charge on any atom is -0.390 e. The van der Waals surface area contributed by atoms with E-state index in [0.29, 0.717) is 31.4 Å². The molecule has 1 atom stereocenters. The number of carbonyl (C=O) groups excluding carboxylic acids is 1. The summed E-state index contributed by atoms with van der Waals surface area (Å²) in [6.07, 6.45) is 1.71. The molecule has 0 spiro atoms. The quantitative estimate of drug-likeness (QED) is 0.812. The molecule has 0 aliphatic carbocycles. The first-order chi connectivity index (χ1) is 11.0. The lowest BCUT2D eigenvalue weighted by atomic mass is 10.1. The van der Waals surface area contributed by atoms with E-state index in [4.69, 9.17) is 0 Å². The maximum absolute atomic E-state index is 12.3. The van der Waals surface area contributed by atoms with Crippen molar-refractivity contribution in [1.29, 1.82) is 0 Å². The van der Waals surface area contributed by atoms with E-state index in [-0.39, 0.29) is 12.6 Å². The molecule has 1 aromatic heterocycles. The number of aliphatic hydroxyl groups excluding tert-OH is 1. The summed E-state index contributed by atoms with van der Waals surface area (Å²) in [6, 6.07) is 0.404. The summed E-state index contributed by atoms with van der Waals surface area (Å²) in [5.41, 5.74) is 2.86. The number of nitrogens with one attached hydrogen (secondary N) is 1. The summed E-state index contributed by atoms with van der Waals surface area (Å²) >= 11 is 0. The molecule has 2 rings (SSSR count). The fourth-order valence-corrected chi connectivity index (χ4v) is 2.88. The second-order valence-corrected chi connectivity index (χ2v) is 6.35. The third-order valence-corrected chi connectivity index (χ3v) is 4.67. The Balaban J connectivity index is 1.94. The molecule has 0 unspecified atom stereocenters. The number of aryl methyl sites for hydroxylation is 1. The summed E-state index contributed by atoms with van der Waals surface area (Å²) in [5, 5.41) is 16.9. The van der Waals surface area contributed by atoms with Crippen LogP contribution in [0.4, 0.5) is 4.79 Å². The van der Waals surface area contributed by atoms with E-state index >= 15 is 0 Å². The van der Waals surface area contributed by atoms with E-state index in [1.54, 1.807) is 0 Å². The lowest BCUT2D eigenvalue weighted by Gasteiger charge is -2.28. The van der Waals surface area contributed by atoms with Crippen molar-refractivity contribution in [2.24, 2.45) is 0 Å². The highest BCUT2D eigenvalue weighted by Gasteiger charge is 2.26. The van der Waals surface area contributed by atoms with E-state index in [9.17, 15) is 9.90 Å². The van der Waals surface area contributed by atoms with Crippen LogP contribution in [0.15, 0.2) is 0 Å². The van der Waals surface area contributed by atoms with Gasteiger partial charge >= 0.3 is 6.03 Å². The fourth-order valence-electron chi connectivity index (χ4n) is 2.88. The van der Waals surface area contributed by atoms with Crippen LogP contribution in [0.1, 0.15) is 37.2 Å². The topological polar surface area (TPSA) is 73.6 Å². The van der Waals surface area contributed by atoms with Gasteiger partial charge in [-0.2, -0.15) is 5.10 Å². The van der Waals surface area contributed by atoms with Crippen LogP contribution < -0.4 is 5.32 Å². The molecule has 7 nitrogen and oxygen atoms in total. The highest BCUT2D eigenvalue weighted by Crippen LogP contribution is 2.22. The Morgan fingerprint density at radius 1 is 1.48 bits per heavy atom. The maximum atomic E-state index is 12.3. The van der Waals surface area contributed by atoms with Gasteiger partial charge in [0, 0.05) is 43.4 Å².